The van der Waals surface area contributed by atoms with Crippen LogP contribution in [-0.2, 0) is 0 Å². The van der Waals surface area contributed by atoms with Crippen molar-refractivity contribution in [2.24, 2.45) is 0 Å². The van der Waals surface area contributed by atoms with Gasteiger partial charge >= 0.3 is 0 Å². The molecule has 3 aromatic heterocycles. The average molecular weight is 776 g/mol. The standard InChI is InChI=1S/C51H26B6N4O/c52-37-25-39(54)46-42(44(37)56)43-45(57)38(53)26-40(55)47(43)61(46)33-23-35(28-13-6-2-7-14-28)48-36(24-33)34-20-19-32(22-41(34)62-48)51-59-49(29-15-8-3-9-16-29)58-50(60-51)31-18-10-17-30(21-31)27-11-4-1-5-12-27/h1-26H. The number of fused-ring (bicyclic) bond motifs is 6. The smallest absolute Gasteiger partial charge is 0.164 e. The van der Waals surface area contributed by atoms with Crippen LogP contribution < -0.4 is 32.8 Å². The molecule has 0 aliphatic rings. The van der Waals surface area contributed by atoms with Gasteiger partial charge in [-0.3, -0.25) is 0 Å². The molecule has 12 radical (unpaired) electrons. The second kappa shape index (κ2) is 14.7. The van der Waals surface area contributed by atoms with E-state index in [0.29, 0.717) is 83.2 Å². The highest BCUT2D eigenvalue weighted by molar-refractivity contribution is 6.62. The zero-order valence-corrected chi connectivity index (χ0v) is 33.2. The third kappa shape index (κ3) is 6.14. The largest absolute Gasteiger partial charge is 0.455 e. The zero-order chi connectivity index (χ0) is 42.2. The second-order valence-electron chi connectivity index (χ2n) is 15.4. The van der Waals surface area contributed by atoms with Gasteiger partial charge in [0, 0.05) is 49.7 Å². The molecule has 0 aliphatic heterocycles. The van der Waals surface area contributed by atoms with Crippen molar-refractivity contribution in [2.45, 2.75) is 0 Å². The predicted molar refractivity (Wildman–Crippen MR) is 261 cm³/mol. The van der Waals surface area contributed by atoms with Crippen LogP contribution in [0.25, 0.3) is 106 Å². The van der Waals surface area contributed by atoms with E-state index in [-0.39, 0.29) is 0 Å². The van der Waals surface area contributed by atoms with Gasteiger partial charge in [0.15, 0.2) is 17.5 Å². The molecule has 11 heteroatoms. The van der Waals surface area contributed by atoms with Gasteiger partial charge in [-0.2, -0.15) is 0 Å². The van der Waals surface area contributed by atoms with Crippen LogP contribution in [0.2, 0.25) is 0 Å². The fourth-order valence-corrected chi connectivity index (χ4v) is 8.60. The Bertz CT molecular complexity index is 3520. The minimum atomic E-state index is 0.327. The second-order valence-corrected chi connectivity index (χ2v) is 15.4. The van der Waals surface area contributed by atoms with Gasteiger partial charge in [0.25, 0.3) is 0 Å². The van der Waals surface area contributed by atoms with Crippen LogP contribution in [0.5, 0.6) is 0 Å². The summed E-state index contributed by atoms with van der Waals surface area (Å²) >= 11 is 0. The molecular weight excluding hydrogens is 749 g/mol. The lowest BCUT2D eigenvalue weighted by Gasteiger charge is -2.15. The van der Waals surface area contributed by atoms with Gasteiger partial charge in [0.05, 0.1) is 0 Å². The maximum atomic E-state index is 6.86. The third-order valence-electron chi connectivity index (χ3n) is 11.6. The van der Waals surface area contributed by atoms with Gasteiger partial charge in [0.2, 0.25) is 0 Å². The Hall–Kier alpha value is -7.24. The van der Waals surface area contributed by atoms with Crippen molar-refractivity contribution in [3.63, 3.8) is 0 Å². The summed E-state index contributed by atoms with van der Waals surface area (Å²) in [4.78, 5) is 15.1. The predicted octanol–water partition coefficient (Wildman–Crippen LogP) is 5.97. The number of hydrogen-bond acceptors (Lipinski definition) is 4. The Morgan fingerprint density at radius 2 is 0.887 bits per heavy atom. The van der Waals surface area contributed by atoms with Crippen molar-refractivity contribution in [3.8, 4) is 62.1 Å². The maximum absolute atomic E-state index is 6.86. The summed E-state index contributed by atoms with van der Waals surface area (Å²) in [6, 6.07) is 52.0. The molecule has 8 aromatic carbocycles. The Morgan fingerprint density at radius 3 is 1.48 bits per heavy atom. The molecule has 0 fully saturated rings. The highest BCUT2D eigenvalue weighted by Crippen LogP contribution is 2.41. The molecule has 0 aliphatic carbocycles. The van der Waals surface area contributed by atoms with Crippen molar-refractivity contribution in [1.82, 2.24) is 19.5 Å². The Labute approximate surface area is 365 Å². The number of hydrogen-bond donors (Lipinski definition) is 0. The number of aromatic nitrogens is 4. The van der Waals surface area contributed by atoms with Crippen molar-refractivity contribution in [3.05, 3.63) is 158 Å². The van der Waals surface area contributed by atoms with Gasteiger partial charge in [-0.15, -0.1) is 10.9 Å². The zero-order valence-electron chi connectivity index (χ0n) is 33.2. The average Bonchev–Trinajstić information content (AvgIpc) is 3.88. The summed E-state index contributed by atoms with van der Waals surface area (Å²) in [6.45, 7) is 0. The molecule has 0 atom stereocenters. The molecule has 5 nitrogen and oxygen atoms in total. The van der Waals surface area contributed by atoms with Crippen LogP contribution >= 0.6 is 0 Å². The van der Waals surface area contributed by atoms with E-state index in [2.05, 4.69) is 36.4 Å². The van der Waals surface area contributed by atoms with Crippen LogP contribution in [0.3, 0.4) is 0 Å². The lowest BCUT2D eigenvalue weighted by Crippen LogP contribution is -2.33. The molecule has 0 spiro atoms. The van der Waals surface area contributed by atoms with E-state index in [0.717, 1.165) is 55.4 Å². The van der Waals surface area contributed by atoms with Gasteiger partial charge in [-0.1, -0.05) is 149 Å². The van der Waals surface area contributed by atoms with Crippen LogP contribution in [0.1, 0.15) is 0 Å². The summed E-state index contributed by atoms with van der Waals surface area (Å²) in [7, 11) is 39.8. The van der Waals surface area contributed by atoms with E-state index < -0.39 is 0 Å². The summed E-state index contributed by atoms with van der Waals surface area (Å²) in [5.41, 5.74) is 11.9. The van der Waals surface area contributed by atoms with Crippen molar-refractivity contribution in [2.75, 3.05) is 0 Å². The Kier molecular flexibility index (Phi) is 8.97. The lowest BCUT2D eigenvalue weighted by atomic mass is 9.71. The summed E-state index contributed by atoms with van der Waals surface area (Å²) in [5, 5.41) is 2.90. The minimum absolute atomic E-state index is 0.327. The topological polar surface area (TPSA) is 56.7 Å². The van der Waals surface area contributed by atoms with E-state index in [1.54, 1.807) is 12.1 Å². The van der Waals surface area contributed by atoms with Gasteiger partial charge in [-0.05, 0) is 57.8 Å². The third-order valence-corrected chi connectivity index (χ3v) is 11.6. The van der Waals surface area contributed by atoms with Crippen LogP contribution in [-0.4, -0.2) is 66.6 Å². The molecular formula is C51H26B6N4O. The van der Waals surface area contributed by atoms with E-state index >= 15 is 0 Å². The van der Waals surface area contributed by atoms with E-state index in [1.165, 1.54) is 0 Å². The molecule has 0 saturated carbocycles. The Morgan fingerprint density at radius 1 is 0.387 bits per heavy atom. The first-order valence-electron chi connectivity index (χ1n) is 20.0. The van der Waals surface area contributed by atoms with Crippen LogP contribution in [0.4, 0.5) is 0 Å². The monoisotopic (exact) mass is 776 g/mol. The highest BCUT2D eigenvalue weighted by atomic mass is 16.3. The first kappa shape index (κ1) is 37.7. The maximum Gasteiger partial charge on any atom is 0.164 e. The molecule has 11 aromatic rings. The summed E-state index contributed by atoms with van der Waals surface area (Å²) in [5.74, 6) is 1.63. The molecule has 11 rings (SSSR count). The van der Waals surface area contributed by atoms with Crippen LogP contribution in [0.15, 0.2) is 162 Å². The summed E-state index contributed by atoms with van der Waals surface area (Å²) < 4.78 is 8.85. The lowest BCUT2D eigenvalue weighted by molar-refractivity contribution is 0.670. The van der Waals surface area contributed by atoms with Crippen molar-refractivity contribution >= 4 is 124 Å². The van der Waals surface area contributed by atoms with Gasteiger partial charge in [-0.25, -0.2) is 15.0 Å². The number of rotatable bonds is 6. The van der Waals surface area contributed by atoms with Crippen molar-refractivity contribution < 1.29 is 4.42 Å². The van der Waals surface area contributed by atoms with E-state index in [4.69, 9.17) is 66.4 Å². The van der Waals surface area contributed by atoms with Crippen LogP contribution in [0, 0.1) is 0 Å². The van der Waals surface area contributed by atoms with Gasteiger partial charge in [0.1, 0.15) is 58.2 Å². The van der Waals surface area contributed by atoms with Gasteiger partial charge < -0.3 is 8.98 Å². The molecule has 0 saturated heterocycles. The molecule has 3 heterocycles. The van der Waals surface area contributed by atoms with E-state index in [1.807, 2.05) is 114 Å². The minimum Gasteiger partial charge on any atom is -0.455 e. The number of furan rings is 1. The quantitative estimate of drug-likeness (QED) is 0.196. The molecule has 0 bridgehead atoms. The Balaban J connectivity index is 1.14. The molecule has 0 amide bonds. The first-order valence-corrected chi connectivity index (χ1v) is 20.0. The molecule has 0 unspecified atom stereocenters. The number of nitrogens with zero attached hydrogens (tertiary/aromatic N) is 4. The highest BCUT2D eigenvalue weighted by Gasteiger charge is 2.23. The van der Waals surface area contributed by atoms with Crippen molar-refractivity contribution in [1.29, 1.82) is 0 Å². The summed E-state index contributed by atoms with van der Waals surface area (Å²) in [6.07, 6.45) is 0. The molecule has 274 valence electrons. The fourth-order valence-electron chi connectivity index (χ4n) is 8.60. The molecule has 0 N–H and O–H groups in total. The SMILES string of the molecule is [B]c1cc([B])c2c(c1[B])c1c([B])c([B])cc([B])c1n2-c1cc(-c2ccccc2)c2oc3cc(-c4nc(-c5ccccc5)nc(-c5cccc(-c6ccccc6)c5)n4)ccc3c2c1. The molecule has 62 heavy (non-hydrogen) atoms. The normalized spacial score (nSPS) is 11.6. The van der Waals surface area contributed by atoms with E-state index in [9.17, 15) is 0 Å². The number of benzene rings is 8. The fraction of sp³-hybridized carbons (Fsp3) is 0. The first-order chi connectivity index (χ1) is 30.2.